The number of rotatable bonds is 2. The fourth-order valence-electron chi connectivity index (χ4n) is 2.12. The molecule has 0 spiro atoms. The molecular formula is C15H23N3. The van der Waals surface area contributed by atoms with Gasteiger partial charge < -0.3 is 5.32 Å². The van der Waals surface area contributed by atoms with Crippen molar-refractivity contribution >= 4 is 0 Å². The highest BCUT2D eigenvalue weighted by molar-refractivity contribution is 5.21. The van der Waals surface area contributed by atoms with Crippen molar-refractivity contribution in [3.63, 3.8) is 0 Å². The summed E-state index contributed by atoms with van der Waals surface area (Å²) in [6, 6.07) is 4.34. The van der Waals surface area contributed by atoms with Gasteiger partial charge in [0.25, 0.3) is 0 Å². The van der Waals surface area contributed by atoms with Crippen molar-refractivity contribution in [1.29, 1.82) is 0 Å². The second-order valence-corrected chi connectivity index (χ2v) is 6.03. The monoisotopic (exact) mass is 245 g/mol. The summed E-state index contributed by atoms with van der Waals surface area (Å²) < 4.78 is 0. The van der Waals surface area contributed by atoms with Gasteiger partial charge in [-0.25, -0.2) is 0 Å². The van der Waals surface area contributed by atoms with Crippen molar-refractivity contribution in [1.82, 2.24) is 15.2 Å². The van der Waals surface area contributed by atoms with Crippen molar-refractivity contribution in [2.45, 2.75) is 32.7 Å². The van der Waals surface area contributed by atoms with Gasteiger partial charge in [-0.1, -0.05) is 33.4 Å². The quantitative estimate of drug-likeness (QED) is 0.866. The molecule has 1 aromatic rings. The van der Waals surface area contributed by atoms with Crippen LogP contribution in [-0.2, 0) is 12.0 Å². The van der Waals surface area contributed by atoms with Gasteiger partial charge in [-0.15, -0.1) is 0 Å². The van der Waals surface area contributed by atoms with E-state index in [0.29, 0.717) is 0 Å². The van der Waals surface area contributed by atoms with E-state index in [-0.39, 0.29) is 5.41 Å². The highest BCUT2D eigenvalue weighted by atomic mass is 15.2. The number of aromatic nitrogens is 1. The SMILES string of the molecule is C=C1CN(Cc2ccc(C(C)(C)C)cn2)CCN1. The van der Waals surface area contributed by atoms with Gasteiger partial charge in [0.2, 0.25) is 0 Å². The van der Waals surface area contributed by atoms with Gasteiger partial charge in [0, 0.05) is 38.1 Å². The van der Waals surface area contributed by atoms with Crippen LogP contribution >= 0.6 is 0 Å². The maximum atomic E-state index is 4.57. The van der Waals surface area contributed by atoms with Crippen molar-refractivity contribution in [2.24, 2.45) is 0 Å². The zero-order valence-corrected chi connectivity index (χ0v) is 11.7. The van der Waals surface area contributed by atoms with Crippen LogP contribution in [0.1, 0.15) is 32.0 Å². The zero-order valence-electron chi connectivity index (χ0n) is 11.7. The van der Waals surface area contributed by atoms with E-state index in [1.807, 2.05) is 6.20 Å². The van der Waals surface area contributed by atoms with Crippen LogP contribution < -0.4 is 5.32 Å². The number of nitrogens with one attached hydrogen (secondary N) is 1. The standard InChI is InChI=1S/C15H23N3/c1-12-10-18(8-7-16-12)11-14-6-5-13(9-17-14)15(2,3)4/h5-6,9,16H,1,7-8,10-11H2,2-4H3. The maximum Gasteiger partial charge on any atom is 0.0544 e. The smallest absolute Gasteiger partial charge is 0.0544 e. The summed E-state index contributed by atoms with van der Waals surface area (Å²) in [6.07, 6.45) is 2.01. The number of pyridine rings is 1. The molecule has 1 aliphatic rings. The minimum Gasteiger partial charge on any atom is -0.386 e. The van der Waals surface area contributed by atoms with Gasteiger partial charge in [-0.3, -0.25) is 9.88 Å². The molecule has 0 radical (unpaired) electrons. The Labute approximate surface area is 110 Å². The Morgan fingerprint density at radius 3 is 2.72 bits per heavy atom. The number of hydrogen-bond acceptors (Lipinski definition) is 3. The lowest BCUT2D eigenvalue weighted by Crippen LogP contribution is -2.41. The predicted molar refractivity (Wildman–Crippen MR) is 75.4 cm³/mol. The Bertz CT molecular complexity index is 414. The third-order valence-corrected chi connectivity index (χ3v) is 3.29. The number of piperazine rings is 1. The summed E-state index contributed by atoms with van der Waals surface area (Å²) in [7, 11) is 0. The molecule has 2 heterocycles. The Kier molecular flexibility index (Phi) is 3.71. The Morgan fingerprint density at radius 2 is 2.17 bits per heavy atom. The summed E-state index contributed by atoms with van der Waals surface area (Å²) in [5, 5.41) is 3.27. The van der Waals surface area contributed by atoms with Gasteiger partial charge in [0.1, 0.15) is 0 Å². The zero-order chi connectivity index (χ0) is 13.2. The van der Waals surface area contributed by atoms with Gasteiger partial charge >= 0.3 is 0 Å². The van der Waals surface area contributed by atoms with Crippen LogP contribution in [0.2, 0.25) is 0 Å². The summed E-state index contributed by atoms with van der Waals surface area (Å²) in [5.74, 6) is 0. The molecule has 1 N–H and O–H groups in total. The summed E-state index contributed by atoms with van der Waals surface area (Å²) in [4.78, 5) is 6.95. The van der Waals surface area contributed by atoms with Crippen molar-refractivity contribution in [3.8, 4) is 0 Å². The predicted octanol–water partition coefficient (Wildman–Crippen LogP) is 2.30. The van der Waals surface area contributed by atoms with Gasteiger partial charge in [-0.2, -0.15) is 0 Å². The summed E-state index contributed by atoms with van der Waals surface area (Å²) in [5.41, 5.74) is 3.70. The van der Waals surface area contributed by atoms with Crippen LogP contribution in [0.3, 0.4) is 0 Å². The molecule has 3 nitrogen and oxygen atoms in total. The molecule has 0 saturated carbocycles. The van der Waals surface area contributed by atoms with Gasteiger partial charge in [-0.05, 0) is 17.0 Å². The third-order valence-electron chi connectivity index (χ3n) is 3.29. The topological polar surface area (TPSA) is 28.2 Å². The lowest BCUT2D eigenvalue weighted by Gasteiger charge is -2.29. The molecule has 1 aromatic heterocycles. The molecule has 1 saturated heterocycles. The molecule has 0 aromatic carbocycles. The second kappa shape index (κ2) is 5.11. The number of nitrogens with zero attached hydrogens (tertiary/aromatic N) is 2. The molecule has 0 bridgehead atoms. The van der Waals surface area contributed by atoms with E-state index in [1.54, 1.807) is 0 Å². The molecule has 0 aliphatic carbocycles. The van der Waals surface area contributed by atoms with E-state index in [9.17, 15) is 0 Å². The summed E-state index contributed by atoms with van der Waals surface area (Å²) >= 11 is 0. The van der Waals surface area contributed by atoms with Crippen LogP contribution in [0.25, 0.3) is 0 Å². The first-order valence-corrected chi connectivity index (χ1v) is 6.54. The van der Waals surface area contributed by atoms with Crippen LogP contribution in [0.4, 0.5) is 0 Å². The van der Waals surface area contributed by atoms with E-state index in [2.05, 4.69) is 54.7 Å². The lowest BCUT2D eigenvalue weighted by molar-refractivity contribution is 0.256. The first-order chi connectivity index (χ1) is 8.45. The molecule has 0 atom stereocenters. The third kappa shape index (κ3) is 3.33. The summed E-state index contributed by atoms with van der Waals surface area (Å²) in [6.45, 7) is 14.5. The Hall–Kier alpha value is -1.35. The minimum atomic E-state index is 0.175. The Morgan fingerprint density at radius 1 is 1.39 bits per heavy atom. The highest BCUT2D eigenvalue weighted by Gasteiger charge is 2.15. The molecular weight excluding hydrogens is 222 g/mol. The molecule has 2 rings (SSSR count). The van der Waals surface area contributed by atoms with Crippen molar-refractivity contribution in [3.05, 3.63) is 41.9 Å². The van der Waals surface area contributed by atoms with E-state index in [1.165, 1.54) is 5.56 Å². The normalized spacial score (nSPS) is 17.6. The molecule has 98 valence electrons. The van der Waals surface area contributed by atoms with E-state index < -0.39 is 0 Å². The van der Waals surface area contributed by atoms with Crippen LogP contribution in [-0.4, -0.2) is 29.5 Å². The van der Waals surface area contributed by atoms with E-state index in [4.69, 9.17) is 0 Å². The van der Waals surface area contributed by atoms with Gasteiger partial charge in [0.05, 0.1) is 5.69 Å². The fraction of sp³-hybridized carbons (Fsp3) is 0.533. The first kappa shape index (κ1) is 13.1. The van der Waals surface area contributed by atoms with Gasteiger partial charge in [0.15, 0.2) is 0 Å². The molecule has 1 fully saturated rings. The minimum absolute atomic E-state index is 0.175. The molecule has 3 heteroatoms. The molecule has 0 amide bonds. The van der Waals surface area contributed by atoms with E-state index in [0.717, 1.165) is 37.6 Å². The van der Waals surface area contributed by atoms with Crippen molar-refractivity contribution < 1.29 is 0 Å². The Balaban J connectivity index is 2.00. The fourth-order valence-corrected chi connectivity index (χ4v) is 2.12. The highest BCUT2D eigenvalue weighted by Crippen LogP contribution is 2.21. The molecule has 18 heavy (non-hydrogen) atoms. The first-order valence-electron chi connectivity index (χ1n) is 6.54. The number of hydrogen-bond donors (Lipinski definition) is 1. The molecule has 1 aliphatic heterocycles. The van der Waals surface area contributed by atoms with Crippen LogP contribution in [0.15, 0.2) is 30.6 Å². The largest absolute Gasteiger partial charge is 0.386 e. The van der Waals surface area contributed by atoms with Crippen LogP contribution in [0.5, 0.6) is 0 Å². The average molecular weight is 245 g/mol. The van der Waals surface area contributed by atoms with E-state index >= 15 is 0 Å². The second-order valence-electron chi connectivity index (χ2n) is 6.03. The maximum absolute atomic E-state index is 4.57. The average Bonchev–Trinajstić information content (AvgIpc) is 2.28. The molecule has 0 unspecified atom stereocenters. The van der Waals surface area contributed by atoms with Crippen molar-refractivity contribution in [2.75, 3.05) is 19.6 Å². The lowest BCUT2D eigenvalue weighted by atomic mass is 9.88. The van der Waals surface area contributed by atoms with Crippen LogP contribution in [0, 0.1) is 0 Å².